The monoisotopic (exact) mass is 382 g/mol. The average Bonchev–Trinajstić information content (AvgIpc) is 3.21. The summed E-state index contributed by atoms with van der Waals surface area (Å²) in [6.07, 6.45) is 4.31. The molecule has 1 amide bonds. The topological polar surface area (TPSA) is 60.5 Å². The lowest BCUT2D eigenvalue weighted by Gasteiger charge is -2.13. The van der Waals surface area contributed by atoms with Crippen molar-refractivity contribution in [1.82, 2.24) is 10.3 Å². The standard InChI is InChI=1S/C21H22N2O3S/c1-2-25-20-13-17(21(24)23-11-9-18-6-4-12-27-18)7-8-19(20)26-15-16-5-3-10-22-14-16/h3-8,10,12-14H,2,9,11,15H2,1H3,(H,23,24). The SMILES string of the molecule is CCOc1cc(C(=O)NCCc2cccs2)ccc1OCc1cccnc1. The molecule has 3 aromatic rings. The van der Waals surface area contributed by atoms with Gasteiger partial charge in [0.25, 0.3) is 5.91 Å². The Morgan fingerprint density at radius 1 is 1.15 bits per heavy atom. The van der Waals surface area contributed by atoms with Gasteiger partial charge in [0.2, 0.25) is 0 Å². The van der Waals surface area contributed by atoms with Crippen molar-refractivity contribution in [3.05, 3.63) is 76.2 Å². The molecule has 0 unspecified atom stereocenters. The molecule has 0 aliphatic rings. The van der Waals surface area contributed by atoms with Crippen LogP contribution in [0.5, 0.6) is 11.5 Å². The highest BCUT2D eigenvalue weighted by molar-refractivity contribution is 7.09. The summed E-state index contributed by atoms with van der Waals surface area (Å²) < 4.78 is 11.5. The van der Waals surface area contributed by atoms with Gasteiger partial charge in [0.1, 0.15) is 6.61 Å². The van der Waals surface area contributed by atoms with Crippen molar-refractivity contribution in [2.75, 3.05) is 13.2 Å². The Morgan fingerprint density at radius 3 is 2.81 bits per heavy atom. The molecule has 3 rings (SSSR count). The van der Waals surface area contributed by atoms with Gasteiger partial charge in [0.15, 0.2) is 11.5 Å². The number of nitrogens with one attached hydrogen (secondary N) is 1. The molecule has 0 atom stereocenters. The Kier molecular flexibility index (Phi) is 6.82. The summed E-state index contributed by atoms with van der Waals surface area (Å²) in [4.78, 5) is 17.7. The van der Waals surface area contributed by atoms with E-state index in [1.54, 1.807) is 41.9 Å². The largest absolute Gasteiger partial charge is 0.490 e. The first-order valence-electron chi connectivity index (χ1n) is 8.85. The summed E-state index contributed by atoms with van der Waals surface area (Å²) in [7, 11) is 0. The van der Waals surface area contributed by atoms with Crippen molar-refractivity contribution in [2.24, 2.45) is 0 Å². The number of amides is 1. The quantitative estimate of drug-likeness (QED) is 0.605. The Balaban J connectivity index is 1.62. The van der Waals surface area contributed by atoms with Crippen LogP contribution in [-0.2, 0) is 13.0 Å². The third-order valence-electron chi connectivity index (χ3n) is 3.86. The number of nitrogens with zero attached hydrogens (tertiary/aromatic N) is 1. The molecule has 0 fully saturated rings. The van der Waals surface area contributed by atoms with Crippen LogP contribution in [0.3, 0.4) is 0 Å². The van der Waals surface area contributed by atoms with Crippen LogP contribution in [0.1, 0.15) is 27.7 Å². The van der Waals surface area contributed by atoms with Crippen LogP contribution in [0.4, 0.5) is 0 Å². The number of ether oxygens (including phenoxy) is 2. The predicted octanol–water partition coefficient (Wildman–Crippen LogP) is 4.09. The van der Waals surface area contributed by atoms with Gasteiger partial charge in [-0.05, 0) is 49.1 Å². The van der Waals surface area contributed by atoms with Crippen molar-refractivity contribution >= 4 is 17.2 Å². The molecule has 6 heteroatoms. The molecule has 5 nitrogen and oxygen atoms in total. The third kappa shape index (κ3) is 5.56. The normalized spacial score (nSPS) is 10.4. The van der Waals surface area contributed by atoms with Gasteiger partial charge in [-0.25, -0.2) is 0 Å². The molecular formula is C21H22N2O3S. The number of hydrogen-bond donors (Lipinski definition) is 1. The number of rotatable bonds is 9. The smallest absolute Gasteiger partial charge is 0.251 e. The molecular weight excluding hydrogens is 360 g/mol. The maximum atomic E-state index is 12.4. The van der Waals surface area contributed by atoms with Gasteiger partial charge in [0, 0.05) is 34.9 Å². The second-order valence-corrected chi connectivity index (χ2v) is 6.86. The average molecular weight is 382 g/mol. The molecule has 1 aromatic carbocycles. The maximum Gasteiger partial charge on any atom is 0.251 e. The van der Waals surface area contributed by atoms with Gasteiger partial charge in [-0.2, -0.15) is 0 Å². The number of hydrogen-bond acceptors (Lipinski definition) is 5. The summed E-state index contributed by atoms with van der Waals surface area (Å²) in [6.45, 7) is 3.38. The molecule has 0 bridgehead atoms. The summed E-state index contributed by atoms with van der Waals surface area (Å²) in [5.41, 5.74) is 1.52. The van der Waals surface area contributed by atoms with Crippen LogP contribution >= 0.6 is 11.3 Å². The van der Waals surface area contributed by atoms with Crippen molar-refractivity contribution < 1.29 is 14.3 Å². The van der Waals surface area contributed by atoms with Crippen LogP contribution in [0.2, 0.25) is 0 Å². The van der Waals surface area contributed by atoms with E-state index in [9.17, 15) is 4.79 Å². The fourth-order valence-electron chi connectivity index (χ4n) is 2.54. The summed E-state index contributed by atoms with van der Waals surface area (Å²) >= 11 is 1.69. The van der Waals surface area contributed by atoms with Gasteiger partial charge in [0.05, 0.1) is 6.61 Å². The molecule has 1 N–H and O–H groups in total. The van der Waals surface area contributed by atoms with E-state index >= 15 is 0 Å². The predicted molar refractivity (Wildman–Crippen MR) is 107 cm³/mol. The number of carbonyl (C=O) groups is 1. The van der Waals surface area contributed by atoms with Gasteiger partial charge in [-0.1, -0.05) is 12.1 Å². The Hall–Kier alpha value is -2.86. The zero-order chi connectivity index (χ0) is 18.9. The van der Waals surface area contributed by atoms with Gasteiger partial charge < -0.3 is 14.8 Å². The molecule has 0 radical (unpaired) electrons. The number of thiophene rings is 1. The molecule has 2 heterocycles. The van der Waals surface area contributed by atoms with Crippen molar-refractivity contribution in [2.45, 2.75) is 20.0 Å². The molecule has 0 saturated heterocycles. The molecule has 140 valence electrons. The number of pyridine rings is 1. The minimum Gasteiger partial charge on any atom is -0.490 e. The first kappa shape index (κ1) is 18.9. The molecule has 2 aromatic heterocycles. The third-order valence-corrected chi connectivity index (χ3v) is 4.80. The molecule has 27 heavy (non-hydrogen) atoms. The zero-order valence-electron chi connectivity index (χ0n) is 15.2. The van der Waals surface area contributed by atoms with Crippen LogP contribution in [0.15, 0.2) is 60.2 Å². The van der Waals surface area contributed by atoms with Crippen molar-refractivity contribution in [1.29, 1.82) is 0 Å². The molecule has 0 aliphatic heterocycles. The van der Waals surface area contributed by atoms with Gasteiger partial charge >= 0.3 is 0 Å². The van der Waals surface area contributed by atoms with Crippen LogP contribution in [0, 0.1) is 0 Å². The molecule has 0 saturated carbocycles. The summed E-state index contributed by atoms with van der Waals surface area (Å²) in [5.74, 6) is 1.05. The molecule has 0 spiro atoms. The van der Waals surface area contributed by atoms with Crippen LogP contribution in [-0.4, -0.2) is 24.0 Å². The summed E-state index contributed by atoms with van der Waals surface area (Å²) in [5, 5.41) is 4.98. The minimum absolute atomic E-state index is 0.119. The van der Waals surface area contributed by atoms with E-state index in [0.717, 1.165) is 12.0 Å². The number of benzene rings is 1. The van der Waals surface area contributed by atoms with E-state index in [4.69, 9.17) is 9.47 Å². The number of aromatic nitrogens is 1. The van der Waals surface area contributed by atoms with E-state index in [2.05, 4.69) is 16.4 Å². The minimum atomic E-state index is -0.119. The van der Waals surface area contributed by atoms with E-state index in [-0.39, 0.29) is 5.91 Å². The van der Waals surface area contributed by atoms with Gasteiger partial charge in [-0.15, -0.1) is 11.3 Å². The fraction of sp³-hybridized carbons (Fsp3) is 0.238. The lowest BCUT2D eigenvalue weighted by atomic mass is 10.2. The Morgan fingerprint density at radius 2 is 2.07 bits per heavy atom. The lowest BCUT2D eigenvalue weighted by molar-refractivity contribution is 0.0953. The Labute approximate surface area is 163 Å². The van der Waals surface area contributed by atoms with E-state index in [0.29, 0.717) is 36.8 Å². The highest BCUT2D eigenvalue weighted by Crippen LogP contribution is 2.29. The van der Waals surface area contributed by atoms with E-state index < -0.39 is 0 Å². The van der Waals surface area contributed by atoms with Crippen molar-refractivity contribution in [3.63, 3.8) is 0 Å². The second-order valence-electron chi connectivity index (χ2n) is 5.83. The fourth-order valence-corrected chi connectivity index (χ4v) is 3.25. The number of carbonyl (C=O) groups excluding carboxylic acids is 1. The lowest BCUT2D eigenvalue weighted by Crippen LogP contribution is -2.25. The first-order valence-corrected chi connectivity index (χ1v) is 9.73. The summed E-state index contributed by atoms with van der Waals surface area (Å²) in [6, 6.07) is 13.1. The van der Waals surface area contributed by atoms with Crippen LogP contribution in [0.25, 0.3) is 0 Å². The van der Waals surface area contributed by atoms with Crippen molar-refractivity contribution in [3.8, 4) is 11.5 Å². The van der Waals surface area contributed by atoms with Crippen LogP contribution < -0.4 is 14.8 Å². The Bertz CT molecular complexity index is 851. The highest BCUT2D eigenvalue weighted by atomic mass is 32.1. The first-order chi connectivity index (χ1) is 13.3. The maximum absolute atomic E-state index is 12.4. The van der Waals surface area contributed by atoms with E-state index in [1.165, 1.54) is 4.88 Å². The van der Waals surface area contributed by atoms with E-state index in [1.807, 2.05) is 30.5 Å². The van der Waals surface area contributed by atoms with Gasteiger partial charge in [-0.3, -0.25) is 9.78 Å². The zero-order valence-corrected chi connectivity index (χ0v) is 16.0. The second kappa shape index (κ2) is 9.73. The highest BCUT2D eigenvalue weighted by Gasteiger charge is 2.12. The molecule has 0 aliphatic carbocycles.